The Kier molecular flexibility index (Phi) is 10.4. The fraction of sp³-hybridized carbons (Fsp3) is 0.435. The Morgan fingerprint density at radius 2 is 1.63 bits per heavy atom. The van der Waals surface area contributed by atoms with E-state index in [0.29, 0.717) is 40.9 Å². The fourth-order valence-electron chi connectivity index (χ4n) is 10.2. The van der Waals surface area contributed by atoms with Crippen LogP contribution in [0.1, 0.15) is 71.4 Å². The number of pyridine rings is 1. The highest BCUT2D eigenvalue weighted by Crippen LogP contribution is 2.36. The second-order valence-corrected chi connectivity index (χ2v) is 17.6. The number of imide groups is 1. The van der Waals surface area contributed by atoms with Crippen molar-refractivity contribution in [1.82, 2.24) is 45.0 Å². The normalized spacial score (nSPS) is 20.4. The van der Waals surface area contributed by atoms with Gasteiger partial charge in [-0.2, -0.15) is 10.2 Å². The molecule has 62 heavy (non-hydrogen) atoms. The minimum Gasteiger partial charge on any atom is -0.369 e. The van der Waals surface area contributed by atoms with Gasteiger partial charge in [0.2, 0.25) is 17.7 Å². The molecule has 5 aliphatic heterocycles. The average Bonchev–Trinajstić information content (AvgIpc) is 3.75. The van der Waals surface area contributed by atoms with Gasteiger partial charge in [-0.3, -0.25) is 29.2 Å². The zero-order valence-electron chi connectivity index (χ0n) is 35.1. The topological polar surface area (TPSA) is 162 Å². The van der Waals surface area contributed by atoms with Crippen LogP contribution in [-0.4, -0.2) is 115 Å². The number of hydrogen-bond donors (Lipinski definition) is 2. The average molecular weight is 840 g/mol. The molecule has 1 atom stereocenters. The number of benzene rings is 2. The highest BCUT2D eigenvalue weighted by atomic mass is 19.1. The van der Waals surface area contributed by atoms with E-state index in [1.54, 1.807) is 12.1 Å². The first-order valence-electron chi connectivity index (χ1n) is 21.8. The molecule has 0 saturated carbocycles. The molecule has 320 valence electrons. The number of likely N-dealkylation sites (tertiary alicyclic amines) is 1. The fourth-order valence-corrected chi connectivity index (χ4v) is 10.2. The Morgan fingerprint density at radius 1 is 0.806 bits per heavy atom. The smallest absolute Gasteiger partial charge is 0.255 e. The maximum absolute atomic E-state index is 16.0. The van der Waals surface area contributed by atoms with Crippen molar-refractivity contribution >= 4 is 51.7 Å². The molecule has 2 N–H and O–H groups in total. The largest absolute Gasteiger partial charge is 0.369 e. The number of rotatable bonds is 8. The lowest BCUT2D eigenvalue weighted by atomic mass is 9.93. The lowest BCUT2D eigenvalue weighted by Gasteiger charge is -2.41. The Hall–Kier alpha value is -6.29. The lowest BCUT2D eigenvalue weighted by molar-refractivity contribution is -0.137. The van der Waals surface area contributed by atoms with E-state index < -0.39 is 17.8 Å². The quantitative estimate of drug-likeness (QED) is 0.204. The molecule has 3 fully saturated rings. The van der Waals surface area contributed by atoms with Crippen molar-refractivity contribution < 1.29 is 23.6 Å². The Balaban J connectivity index is 0.699. The van der Waals surface area contributed by atoms with Crippen molar-refractivity contribution in [2.45, 2.75) is 84.0 Å². The molecule has 4 amide bonds. The summed E-state index contributed by atoms with van der Waals surface area (Å²) in [6.45, 7) is 9.17. The molecule has 0 spiro atoms. The minimum atomic E-state index is -0.772. The molecule has 0 aliphatic carbocycles. The molecule has 16 heteroatoms. The molecule has 3 saturated heterocycles. The summed E-state index contributed by atoms with van der Waals surface area (Å²) >= 11 is 0. The van der Waals surface area contributed by atoms with Gasteiger partial charge in [-0.1, -0.05) is 12.1 Å². The van der Waals surface area contributed by atoms with Gasteiger partial charge in [-0.15, -0.1) is 5.10 Å². The Labute approximate surface area is 358 Å². The van der Waals surface area contributed by atoms with E-state index in [-0.39, 0.29) is 49.7 Å². The van der Waals surface area contributed by atoms with Crippen molar-refractivity contribution in [1.29, 1.82) is 0 Å². The number of carbonyl (C=O) groups excluding carboxylic acids is 4. The van der Waals surface area contributed by atoms with E-state index in [2.05, 4.69) is 46.6 Å². The van der Waals surface area contributed by atoms with Crippen LogP contribution in [-0.2, 0) is 33.9 Å². The number of hydrogen-bond acceptors (Lipinski definition) is 11. The van der Waals surface area contributed by atoms with E-state index in [0.717, 1.165) is 104 Å². The highest BCUT2D eigenvalue weighted by molar-refractivity contribution is 6.05. The minimum absolute atomic E-state index is 0.0245. The predicted octanol–water partition coefficient (Wildman–Crippen LogP) is 4.91. The molecule has 5 aromatic rings. The van der Waals surface area contributed by atoms with Gasteiger partial charge >= 0.3 is 0 Å². The summed E-state index contributed by atoms with van der Waals surface area (Å²) in [5.41, 5.74) is 5.95. The summed E-state index contributed by atoms with van der Waals surface area (Å²) in [7, 11) is 0. The zero-order chi connectivity index (χ0) is 42.6. The Morgan fingerprint density at radius 3 is 2.42 bits per heavy atom. The molecular formula is C46H50FN11O4. The molecular weight excluding hydrogens is 790 g/mol. The summed E-state index contributed by atoms with van der Waals surface area (Å²) in [5, 5.41) is 21.2. The van der Waals surface area contributed by atoms with Gasteiger partial charge < -0.3 is 24.9 Å². The monoisotopic (exact) mass is 839 g/mol. The molecule has 1 unspecified atom stereocenters. The summed E-state index contributed by atoms with van der Waals surface area (Å²) in [4.78, 5) is 63.6. The van der Waals surface area contributed by atoms with E-state index >= 15 is 4.39 Å². The highest BCUT2D eigenvalue weighted by Gasteiger charge is 2.41. The second kappa shape index (κ2) is 16.2. The van der Waals surface area contributed by atoms with Crippen LogP contribution in [0.5, 0.6) is 0 Å². The third kappa shape index (κ3) is 7.65. The van der Waals surface area contributed by atoms with Gasteiger partial charge in [0.15, 0.2) is 11.6 Å². The van der Waals surface area contributed by atoms with Gasteiger partial charge in [0, 0.05) is 98.2 Å². The third-order valence-corrected chi connectivity index (χ3v) is 13.5. The maximum atomic E-state index is 16.0. The summed E-state index contributed by atoms with van der Waals surface area (Å²) in [6.07, 6.45) is 6.71. The van der Waals surface area contributed by atoms with Crippen LogP contribution < -0.4 is 15.5 Å². The first-order valence-corrected chi connectivity index (χ1v) is 21.8. The van der Waals surface area contributed by atoms with E-state index in [1.807, 2.05) is 55.1 Å². The van der Waals surface area contributed by atoms with Gasteiger partial charge in [-0.25, -0.2) is 9.37 Å². The molecule has 3 aromatic heterocycles. The SMILES string of the molecule is Cc1cc(C)c(-c2ccc3cnc(Nc4cc5n(n4)CC(=O)N(C4CCN(CC6CCN(c7ccc8c(c7F)CN(C7CCC(=O)NC7=O)C8=O)CC6)CC4)CC5)cc3c2)nn1. The van der Waals surface area contributed by atoms with E-state index in [9.17, 15) is 19.2 Å². The number of carbonyl (C=O) groups is 4. The van der Waals surface area contributed by atoms with Crippen LogP contribution in [0.25, 0.3) is 22.0 Å². The number of nitrogens with one attached hydrogen (secondary N) is 2. The number of aromatic nitrogens is 5. The van der Waals surface area contributed by atoms with Crippen LogP contribution in [0.4, 0.5) is 21.7 Å². The van der Waals surface area contributed by atoms with Crippen LogP contribution in [0.15, 0.2) is 54.7 Å². The van der Waals surface area contributed by atoms with Crippen molar-refractivity contribution in [2.75, 3.05) is 49.5 Å². The van der Waals surface area contributed by atoms with Crippen LogP contribution in [0, 0.1) is 25.6 Å². The van der Waals surface area contributed by atoms with Gasteiger partial charge in [0.1, 0.15) is 18.4 Å². The van der Waals surface area contributed by atoms with Gasteiger partial charge in [-0.05, 0) is 93.2 Å². The molecule has 0 radical (unpaired) electrons. The van der Waals surface area contributed by atoms with E-state index in [1.165, 1.54) is 4.90 Å². The van der Waals surface area contributed by atoms with E-state index in [4.69, 9.17) is 5.10 Å². The van der Waals surface area contributed by atoms with Crippen molar-refractivity contribution in [3.8, 4) is 11.3 Å². The van der Waals surface area contributed by atoms with Gasteiger partial charge in [0.05, 0.1) is 23.6 Å². The van der Waals surface area contributed by atoms with Crippen LogP contribution in [0.2, 0.25) is 0 Å². The summed E-state index contributed by atoms with van der Waals surface area (Å²) in [6, 6.07) is 15.1. The third-order valence-electron chi connectivity index (χ3n) is 13.5. The number of piperidine rings is 3. The summed E-state index contributed by atoms with van der Waals surface area (Å²) in [5.74, 6) is 0.312. The maximum Gasteiger partial charge on any atom is 0.255 e. The van der Waals surface area contributed by atoms with Crippen molar-refractivity contribution in [2.24, 2.45) is 5.92 Å². The number of fused-ring (bicyclic) bond motifs is 3. The molecule has 15 nitrogen and oxygen atoms in total. The standard InChI is InChI=1S/C46H50FN11O4/c1-27-19-28(2)51-52-44(27)30-3-4-31-23-48-39(21-32(31)20-30)49-40-22-34-13-18-56(42(60)26-58(34)53-40)33-11-14-54(15-12-33)24-29-9-16-55(17-10-29)37-6-5-35-36(43(37)47)25-57(46(35)62)38-7-8-41(59)50-45(38)61/h3-6,19-23,29,33,38H,7-18,24-26H2,1-2H3,(H,48,49,53)(H,50,59,61). The molecule has 10 rings (SSSR count). The number of nitrogens with zero attached hydrogens (tertiary/aromatic N) is 9. The molecule has 2 aromatic carbocycles. The lowest BCUT2D eigenvalue weighted by Crippen LogP contribution is -2.52. The molecule has 0 bridgehead atoms. The predicted molar refractivity (Wildman–Crippen MR) is 230 cm³/mol. The Bertz CT molecular complexity index is 2620. The van der Waals surface area contributed by atoms with Crippen molar-refractivity contribution in [3.05, 3.63) is 88.6 Å². The molecule has 5 aliphatic rings. The number of halogens is 1. The zero-order valence-corrected chi connectivity index (χ0v) is 35.1. The first kappa shape index (κ1) is 39.8. The summed E-state index contributed by atoms with van der Waals surface area (Å²) < 4.78 is 17.8. The van der Waals surface area contributed by atoms with Crippen LogP contribution >= 0.6 is 0 Å². The molecule has 8 heterocycles. The second-order valence-electron chi connectivity index (χ2n) is 17.6. The van der Waals surface area contributed by atoms with Crippen molar-refractivity contribution in [3.63, 3.8) is 0 Å². The number of anilines is 3. The number of aryl methyl sites for hydroxylation is 2. The van der Waals surface area contributed by atoms with Gasteiger partial charge in [0.25, 0.3) is 5.91 Å². The van der Waals surface area contributed by atoms with Crippen LogP contribution in [0.3, 0.4) is 0 Å². The first-order chi connectivity index (χ1) is 30.0. The number of amides is 4.